The predicted molar refractivity (Wildman–Crippen MR) is 47.2 cm³/mol. The second kappa shape index (κ2) is 4.50. The fraction of sp³-hybridized carbons (Fsp3) is 0.200. The molecule has 0 fully saturated rings. The number of carbonyl (C=O) groups is 2. The second-order valence-electron chi connectivity index (χ2n) is 2.69. The fourth-order valence-corrected chi connectivity index (χ4v) is 1.10. The van der Waals surface area contributed by atoms with Crippen LogP contribution in [0.1, 0.15) is 11.5 Å². The van der Waals surface area contributed by atoms with E-state index in [-0.39, 0.29) is 0 Å². The van der Waals surface area contributed by atoms with E-state index < -0.39 is 17.7 Å². The van der Waals surface area contributed by atoms with Gasteiger partial charge in [-0.25, -0.2) is 4.39 Å². The SMILES string of the molecule is COC(=O)C(C=O)c1cccc(F)c1. The summed E-state index contributed by atoms with van der Waals surface area (Å²) < 4.78 is 17.2. The van der Waals surface area contributed by atoms with Crippen molar-refractivity contribution in [2.45, 2.75) is 5.92 Å². The van der Waals surface area contributed by atoms with Gasteiger partial charge in [-0.15, -0.1) is 0 Å². The number of benzene rings is 1. The third-order valence-electron chi connectivity index (χ3n) is 1.80. The maximum Gasteiger partial charge on any atom is 0.320 e. The van der Waals surface area contributed by atoms with E-state index in [0.717, 1.165) is 6.07 Å². The van der Waals surface area contributed by atoms with E-state index >= 15 is 0 Å². The highest BCUT2D eigenvalue weighted by Crippen LogP contribution is 2.15. The first-order valence-electron chi connectivity index (χ1n) is 3.97. The molecule has 0 saturated carbocycles. The molecule has 0 aliphatic carbocycles. The Hall–Kier alpha value is -1.71. The topological polar surface area (TPSA) is 43.4 Å². The van der Waals surface area contributed by atoms with E-state index in [1.807, 2.05) is 0 Å². The maximum atomic E-state index is 12.8. The Balaban J connectivity index is 3.00. The Bertz CT molecular complexity index is 349. The summed E-state index contributed by atoms with van der Waals surface area (Å²) in [5.74, 6) is -2.22. The number of methoxy groups -OCH3 is 1. The molecule has 14 heavy (non-hydrogen) atoms. The van der Waals surface area contributed by atoms with Crippen LogP contribution in [0.15, 0.2) is 24.3 Å². The molecular weight excluding hydrogens is 187 g/mol. The van der Waals surface area contributed by atoms with Crippen LogP contribution in [-0.4, -0.2) is 19.4 Å². The molecule has 4 heteroatoms. The summed E-state index contributed by atoms with van der Waals surface area (Å²) in [5.41, 5.74) is 0.298. The molecule has 74 valence electrons. The molecule has 0 saturated heterocycles. The number of hydrogen-bond acceptors (Lipinski definition) is 3. The van der Waals surface area contributed by atoms with Crippen molar-refractivity contribution in [2.75, 3.05) is 7.11 Å². The summed E-state index contributed by atoms with van der Waals surface area (Å²) in [6.45, 7) is 0. The first-order valence-corrected chi connectivity index (χ1v) is 3.97. The van der Waals surface area contributed by atoms with E-state index in [2.05, 4.69) is 4.74 Å². The lowest BCUT2D eigenvalue weighted by Gasteiger charge is -2.07. The lowest BCUT2D eigenvalue weighted by molar-refractivity contribution is -0.143. The molecule has 0 amide bonds. The normalized spacial score (nSPS) is 11.9. The lowest BCUT2D eigenvalue weighted by atomic mass is 10.0. The van der Waals surface area contributed by atoms with Gasteiger partial charge in [0.15, 0.2) is 0 Å². The van der Waals surface area contributed by atoms with Crippen LogP contribution in [0.5, 0.6) is 0 Å². The van der Waals surface area contributed by atoms with Crippen LogP contribution in [-0.2, 0) is 14.3 Å². The smallest absolute Gasteiger partial charge is 0.320 e. The largest absolute Gasteiger partial charge is 0.468 e. The quantitative estimate of drug-likeness (QED) is 0.415. The Morgan fingerprint density at radius 3 is 2.79 bits per heavy atom. The highest BCUT2D eigenvalue weighted by atomic mass is 19.1. The molecule has 0 spiro atoms. The first kappa shape index (κ1) is 10.4. The lowest BCUT2D eigenvalue weighted by Crippen LogP contribution is -2.15. The van der Waals surface area contributed by atoms with E-state index in [1.165, 1.54) is 25.3 Å². The van der Waals surface area contributed by atoms with Crippen LogP contribution in [0, 0.1) is 5.82 Å². The number of halogens is 1. The molecule has 0 aliphatic heterocycles. The van der Waals surface area contributed by atoms with Gasteiger partial charge in [-0.1, -0.05) is 12.1 Å². The molecule has 0 heterocycles. The summed E-state index contributed by atoms with van der Waals surface area (Å²) in [6.07, 6.45) is 0.431. The van der Waals surface area contributed by atoms with Crippen LogP contribution in [0.3, 0.4) is 0 Å². The zero-order valence-electron chi connectivity index (χ0n) is 7.57. The van der Waals surface area contributed by atoms with Crippen LogP contribution >= 0.6 is 0 Å². The summed E-state index contributed by atoms with van der Waals surface area (Å²) >= 11 is 0. The van der Waals surface area contributed by atoms with Crippen molar-refractivity contribution in [1.29, 1.82) is 0 Å². The van der Waals surface area contributed by atoms with Crippen molar-refractivity contribution < 1.29 is 18.7 Å². The summed E-state index contributed by atoms with van der Waals surface area (Å²) in [5, 5.41) is 0. The van der Waals surface area contributed by atoms with Crippen LogP contribution in [0.4, 0.5) is 4.39 Å². The van der Waals surface area contributed by atoms with Crippen molar-refractivity contribution in [1.82, 2.24) is 0 Å². The standard InChI is InChI=1S/C10H9FO3/c1-14-10(13)9(6-12)7-3-2-4-8(11)5-7/h2-6,9H,1H3. The van der Waals surface area contributed by atoms with E-state index in [0.29, 0.717) is 11.8 Å². The monoisotopic (exact) mass is 196 g/mol. The first-order chi connectivity index (χ1) is 6.69. The van der Waals surface area contributed by atoms with Gasteiger partial charge in [-0.3, -0.25) is 4.79 Å². The summed E-state index contributed by atoms with van der Waals surface area (Å²) in [4.78, 5) is 21.7. The molecule has 3 nitrogen and oxygen atoms in total. The number of esters is 1. The van der Waals surface area contributed by atoms with Gasteiger partial charge in [-0.05, 0) is 17.7 Å². The van der Waals surface area contributed by atoms with Gasteiger partial charge in [0.25, 0.3) is 0 Å². The van der Waals surface area contributed by atoms with Gasteiger partial charge in [-0.2, -0.15) is 0 Å². The maximum absolute atomic E-state index is 12.8. The van der Waals surface area contributed by atoms with Gasteiger partial charge in [0.05, 0.1) is 7.11 Å². The third-order valence-corrected chi connectivity index (χ3v) is 1.80. The minimum Gasteiger partial charge on any atom is -0.468 e. The molecule has 0 aliphatic rings. The van der Waals surface area contributed by atoms with Crippen molar-refractivity contribution in [2.24, 2.45) is 0 Å². The number of aldehydes is 1. The average Bonchev–Trinajstić information content (AvgIpc) is 2.19. The molecule has 0 aromatic heterocycles. The molecule has 1 unspecified atom stereocenters. The molecule has 0 bridgehead atoms. The van der Waals surface area contributed by atoms with Crippen molar-refractivity contribution in [3.63, 3.8) is 0 Å². The van der Waals surface area contributed by atoms with Gasteiger partial charge in [0.1, 0.15) is 18.0 Å². The zero-order chi connectivity index (χ0) is 10.6. The predicted octanol–water partition coefficient (Wildman–Crippen LogP) is 1.28. The summed E-state index contributed by atoms with van der Waals surface area (Å²) in [7, 11) is 1.18. The molecule has 0 N–H and O–H groups in total. The molecule has 0 radical (unpaired) electrons. The number of carbonyl (C=O) groups excluding carboxylic acids is 2. The minimum atomic E-state index is -1.05. The molecular formula is C10H9FO3. The van der Waals surface area contributed by atoms with E-state index in [1.54, 1.807) is 0 Å². The van der Waals surface area contributed by atoms with Crippen molar-refractivity contribution in [3.8, 4) is 0 Å². The summed E-state index contributed by atoms with van der Waals surface area (Å²) in [6, 6.07) is 5.31. The fourth-order valence-electron chi connectivity index (χ4n) is 1.10. The number of ether oxygens (including phenoxy) is 1. The Morgan fingerprint density at radius 2 is 2.29 bits per heavy atom. The molecule has 1 aromatic carbocycles. The molecule has 1 aromatic rings. The zero-order valence-corrected chi connectivity index (χ0v) is 7.57. The highest BCUT2D eigenvalue weighted by Gasteiger charge is 2.20. The number of hydrogen-bond donors (Lipinski definition) is 0. The van der Waals surface area contributed by atoms with Gasteiger partial charge >= 0.3 is 5.97 Å². The molecule has 1 rings (SSSR count). The van der Waals surface area contributed by atoms with Gasteiger partial charge < -0.3 is 9.53 Å². The average molecular weight is 196 g/mol. The molecule has 1 atom stereocenters. The highest BCUT2D eigenvalue weighted by molar-refractivity contribution is 5.94. The number of rotatable bonds is 3. The van der Waals surface area contributed by atoms with Crippen molar-refractivity contribution in [3.05, 3.63) is 35.6 Å². The van der Waals surface area contributed by atoms with Gasteiger partial charge in [0, 0.05) is 0 Å². The van der Waals surface area contributed by atoms with Gasteiger partial charge in [0.2, 0.25) is 0 Å². The van der Waals surface area contributed by atoms with Crippen LogP contribution in [0.25, 0.3) is 0 Å². The van der Waals surface area contributed by atoms with Crippen LogP contribution < -0.4 is 0 Å². The van der Waals surface area contributed by atoms with Crippen LogP contribution in [0.2, 0.25) is 0 Å². The second-order valence-corrected chi connectivity index (χ2v) is 2.69. The Morgan fingerprint density at radius 1 is 1.57 bits per heavy atom. The Kier molecular flexibility index (Phi) is 3.34. The third kappa shape index (κ3) is 2.16. The van der Waals surface area contributed by atoms with E-state index in [4.69, 9.17) is 0 Å². The Labute approximate surface area is 80.5 Å². The van der Waals surface area contributed by atoms with E-state index in [9.17, 15) is 14.0 Å². The minimum absolute atomic E-state index is 0.298. The van der Waals surface area contributed by atoms with Crippen molar-refractivity contribution >= 4 is 12.3 Å².